The summed E-state index contributed by atoms with van der Waals surface area (Å²) in [6.07, 6.45) is 2.01. The summed E-state index contributed by atoms with van der Waals surface area (Å²) >= 11 is 5.16. The van der Waals surface area contributed by atoms with E-state index in [-0.39, 0.29) is 0 Å². The summed E-state index contributed by atoms with van der Waals surface area (Å²) in [4.78, 5) is 1.21. The van der Waals surface area contributed by atoms with Gasteiger partial charge in [0.1, 0.15) is 0 Å². The Kier molecular flexibility index (Phi) is 5.81. The average molecular weight is 342 g/mol. The van der Waals surface area contributed by atoms with Gasteiger partial charge in [-0.05, 0) is 54.1 Å². The van der Waals surface area contributed by atoms with Crippen molar-refractivity contribution >= 4 is 27.7 Å². The molecule has 0 aliphatic carbocycles. The van der Waals surface area contributed by atoms with Crippen LogP contribution in [0.3, 0.4) is 0 Å². The van der Waals surface area contributed by atoms with E-state index in [0.29, 0.717) is 6.54 Å². The summed E-state index contributed by atoms with van der Waals surface area (Å²) in [5.41, 5.74) is 5.48. The molecule has 0 spiro atoms. The zero-order valence-corrected chi connectivity index (χ0v) is 12.9. The number of hydrogen-bond donors (Lipinski definition) is 1. The second-order valence-corrected chi connectivity index (χ2v) is 6.02. The summed E-state index contributed by atoms with van der Waals surface area (Å²) in [5.74, 6) is 1.68. The molecule has 2 N–H and O–H groups in total. The van der Waals surface area contributed by atoms with E-state index in [1.165, 1.54) is 4.90 Å². The van der Waals surface area contributed by atoms with E-state index in [9.17, 15) is 0 Å². The predicted octanol–water partition coefficient (Wildman–Crippen LogP) is 2.47. The van der Waals surface area contributed by atoms with E-state index in [4.69, 9.17) is 5.73 Å². The minimum Gasteiger partial charge on any atom is -0.330 e. The Labute approximate surface area is 125 Å². The number of halogens is 1. The molecule has 0 atom stereocenters. The highest BCUT2D eigenvalue weighted by molar-refractivity contribution is 9.10. The molecule has 19 heavy (non-hydrogen) atoms. The van der Waals surface area contributed by atoms with Gasteiger partial charge in [0.25, 0.3) is 0 Å². The minimum atomic E-state index is 0.713. The van der Waals surface area contributed by atoms with Crippen molar-refractivity contribution in [3.8, 4) is 0 Å². The maximum atomic E-state index is 5.48. The second kappa shape index (κ2) is 7.62. The van der Waals surface area contributed by atoms with E-state index in [0.717, 1.165) is 35.4 Å². The molecule has 0 fully saturated rings. The molecule has 0 unspecified atom stereocenters. The monoisotopic (exact) mass is 341 g/mol. The Balaban J connectivity index is 1.88. The van der Waals surface area contributed by atoms with Gasteiger partial charge in [0.05, 0.1) is 5.75 Å². The molecular weight excluding hydrogens is 326 g/mol. The Hall–Kier alpha value is -0.920. The highest BCUT2D eigenvalue weighted by atomic mass is 79.9. The number of tetrazole rings is 1. The number of nitrogens with zero attached hydrogens (tertiary/aromatic N) is 4. The first-order valence-electron chi connectivity index (χ1n) is 6.13. The van der Waals surface area contributed by atoms with Crippen LogP contribution in [0.5, 0.6) is 0 Å². The number of aryl methyl sites for hydroxylation is 1. The molecule has 5 nitrogen and oxygen atoms in total. The number of aromatic nitrogens is 4. The number of thioether (sulfide) groups is 1. The van der Waals surface area contributed by atoms with Crippen molar-refractivity contribution in [3.05, 3.63) is 34.6 Å². The summed E-state index contributed by atoms with van der Waals surface area (Å²) in [6.45, 7) is 1.55. The van der Waals surface area contributed by atoms with Crippen molar-refractivity contribution < 1.29 is 0 Å². The largest absolute Gasteiger partial charge is 0.330 e. The fourth-order valence-corrected chi connectivity index (χ4v) is 2.68. The third-order valence-electron chi connectivity index (χ3n) is 2.61. The number of unbranched alkanes of at least 4 members (excludes halogenated alkanes) is 1. The van der Waals surface area contributed by atoms with Gasteiger partial charge < -0.3 is 5.73 Å². The van der Waals surface area contributed by atoms with Gasteiger partial charge in [0.15, 0.2) is 5.82 Å². The predicted molar refractivity (Wildman–Crippen MR) is 79.8 cm³/mol. The first kappa shape index (κ1) is 14.5. The van der Waals surface area contributed by atoms with Crippen LogP contribution in [0, 0.1) is 0 Å². The van der Waals surface area contributed by atoms with Crippen LogP contribution in [-0.4, -0.2) is 26.8 Å². The summed E-state index contributed by atoms with van der Waals surface area (Å²) < 4.78 is 2.95. The fraction of sp³-hybridized carbons (Fsp3) is 0.417. The molecule has 7 heteroatoms. The smallest absolute Gasteiger partial charge is 0.161 e. The van der Waals surface area contributed by atoms with E-state index in [2.05, 4.69) is 43.6 Å². The molecule has 0 aliphatic heterocycles. The van der Waals surface area contributed by atoms with Gasteiger partial charge in [-0.15, -0.1) is 16.9 Å². The highest BCUT2D eigenvalue weighted by Crippen LogP contribution is 2.23. The normalized spacial score (nSPS) is 10.8. The number of hydrogen-bond acceptors (Lipinski definition) is 5. The van der Waals surface area contributed by atoms with E-state index in [1.807, 2.05) is 16.8 Å². The second-order valence-electron chi connectivity index (χ2n) is 4.06. The van der Waals surface area contributed by atoms with Crippen LogP contribution in [-0.2, 0) is 12.3 Å². The molecule has 102 valence electrons. The van der Waals surface area contributed by atoms with Gasteiger partial charge in [0.2, 0.25) is 0 Å². The number of rotatable bonds is 7. The lowest BCUT2D eigenvalue weighted by molar-refractivity contribution is 0.532. The third-order valence-corrected chi connectivity index (χ3v) is 4.15. The van der Waals surface area contributed by atoms with Crippen molar-refractivity contribution in [3.63, 3.8) is 0 Å². The molecule has 1 aromatic carbocycles. The van der Waals surface area contributed by atoms with Crippen LogP contribution in [0.25, 0.3) is 0 Å². The third kappa shape index (κ3) is 4.59. The first-order valence-corrected chi connectivity index (χ1v) is 7.91. The van der Waals surface area contributed by atoms with Gasteiger partial charge >= 0.3 is 0 Å². The lowest BCUT2D eigenvalue weighted by Gasteiger charge is -2.04. The zero-order valence-electron chi connectivity index (χ0n) is 10.5. The molecule has 0 aliphatic rings. The molecule has 1 heterocycles. The quantitative estimate of drug-likeness (QED) is 0.618. The van der Waals surface area contributed by atoms with Crippen LogP contribution in [0.2, 0.25) is 0 Å². The van der Waals surface area contributed by atoms with Crippen molar-refractivity contribution in [2.24, 2.45) is 5.73 Å². The van der Waals surface area contributed by atoms with Crippen molar-refractivity contribution in [1.82, 2.24) is 20.2 Å². The van der Waals surface area contributed by atoms with Gasteiger partial charge in [-0.25, -0.2) is 4.68 Å². The average Bonchev–Trinajstić information content (AvgIpc) is 2.86. The standard InChI is InChI=1S/C12H16BrN5S/c13-10-3-5-11(6-4-10)19-9-12-15-16-17-18(12)8-2-1-7-14/h3-6H,1-2,7-9,14H2. The summed E-state index contributed by atoms with van der Waals surface area (Å²) in [5, 5.41) is 11.8. The Bertz CT molecular complexity index is 499. The lowest BCUT2D eigenvalue weighted by Crippen LogP contribution is -2.07. The van der Waals surface area contributed by atoms with Crippen LogP contribution in [0.4, 0.5) is 0 Å². The maximum absolute atomic E-state index is 5.48. The number of benzene rings is 1. The molecule has 0 amide bonds. The van der Waals surface area contributed by atoms with Gasteiger partial charge in [-0.2, -0.15) is 0 Å². The topological polar surface area (TPSA) is 69.6 Å². The maximum Gasteiger partial charge on any atom is 0.161 e. The molecule has 0 saturated carbocycles. The molecule has 0 radical (unpaired) electrons. The molecule has 2 aromatic rings. The van der Waals surface area contributed by atoms with Gasteiger partial charge in [-0.3, -0.25) is 0 Å². The van der Waals surface area contributed by atoms with E-state index in [1.54, 1.807) is 11.8 Å². The molecule has 0 bridgehead atoms. The lowest BCUT2D eigenvalue weighted by atomic mass is 10.3. The fourth-order valence-electron chi connectivity index (χ4n) is 1.58. The SMILES string of the molecule is NCCCCn1nnnc1CSc1ccc(Br)cc1. The molecule has 0 saturated heterocycles. The van der Waals surface area contributed by atoms with Crippen LogP contribution < -0.4 is 5.73 Å². The number of nitrogens with two attached hydrogens (primary N) is 1. The Morgan fingerprint density at radius 2 is 2.00 bits per heavy atom. The molecule has 1 aromatic heterocycles. The van der Waals surface area contributed by atoms with Crippen LogP contribution >= 0.6 is 27.7 Å². The van der Waals surface area contributed by atoms with E-state index >= 15 is 0 Å². The summed E-state index contributed by atoms with van der Waals surface area (Å²) in [6, 6.07) is 8.23. The Morgan fingerprint density at radius 3 is 2.74 bits per heavy atom. The van der Waals surface area contributed by atoms with Crippen molar-refractivity contribution in [2.75, 3.05) is 6.54 Å². The van der Waals surface area contributed by atoms with Crippen LogP contribution in [0.1, 0.15) is 18.7 Å². The van der Waals surface area contributed by atoms with Crippen molar-refractivity contribution in [1.29, 1.82) is 0 Å². The van der Waals surface area contributed by atoms with Crippen LogP contribution in [0.15, 0.2) is 33.6 Å². The Morgan fingerprint density at radius 1 is 1.21 bits per heavy atom. The highest BCUT2D eigenvalue weighted by Gasteiger charge is 2.06. The molecular formula is C12H16BrN5S. The zero-order chi connectivity index (χ0) is 13.5. The van der Waals surface area contributed by atoms with Gasteiger partial charge in [0, 0.05) is 15.9 Å². The first-order chi connectivity index (χ1) is 9.29. The van der Waals surface area contributed by atoms with E-state index < -0.39 is 0 Å². The van der Waals surface area contributed by atoms with Gasteiger partial charge in [-0.1, -0.05) is 15.9 Å². The minimum absolute atomic E-state index is 0.713. The van der Waals surface area contributed by atoms with Crippen molar-refractivity contribution in [2.45, 2.75) is 30.0 Å². The molecule has 2 rings (SSSR count). The summed E-state index contributed by atoms with van der Waals surface area (Å²) in [7, 11) is 0.